The third kappa shape index (κ3) is 4.40. The molecule has 0 aromatic heterocycles. The van der Waals surface area contributed by atoms with Crippen molar-refractivity contribution in [2.24, 2.45) is 0 Å². The minimum absolute atomic E-state index is 0.365. The fraction of sp³-hybridized carbons (Fsp3) is 0.176. The fourth-order valence-electron chi connectivity index (χ4n) is 2.29. The number of ether oxygens (including phenoxy) is 2. The van der Waals surface area contributed by atoms with Gasteiger partial charge in [0.05, 0.1) is 12.2 Å². The van der Waals surface area contributed by atoms with E-state index in [2.05, 4.69) is 10.6 Å². The molecule has 1 aliphatic heterocycles. The van der Waals surface area contributed by atoms with Crippen LogP contribution in [0.2, 0.25) is 0 Å². The Morgan fingerprint density at radius 2 is 1.70 bits per heavy atom. The molecule has 0 fully saturated rings. The normalized spacial score (nSPS) is 12.3. The highest BCUT2D eigenvalue weighted by Gasteiger charge is 2.16. The van der Waals surface area contributed by atoms with E-state index in [0.717, 1.165) is 6.07 Å². The van der Waals surface area contributed by atoms with Crippen LogP contribution in [-0.4, -0.2) is 31.7 Å². The van der Waals surface area contributed by atoms with Gasteiger partial charge >= 0.3 is 6.03 Å². The standard InChI is InChI=1S/C17H14F3N3O4/c18-10-2-3-11(16(20)15(10)19)21-8-14(24)23-17(25)22-9-1-4-12-13(7-9)27-6-5-26-12/h1-4,7,21H,5-6,8H2,(H2,22,23,24,25). The third-order valence-electron chi connectivity index (χ3n) is 3.53. The number of hydrogen-bond donors (Lipinski definition) is 3. The summed E-state index contributed by atoms with van der Waals surface area (Å²) in [5, 5.41) is 6.72. The maximum absolute atomic E-state index is 13.5. The van der Waals surface area contributed by atoms with Crippen LogP contribution in [0.4, 0.5) is 29.3 Å². The Kier molecular flexibility index (Phi) is 5.34. The van der Waals surface area contributed by atoms with Crippen molar-refractivity contribution in [3.05, 3.63) is 47.8 Å². The molecule has 1 heterocycles. The van der Waals surface area contributed by atoms with Crippen molar-refractivity contribution in [1.29, 1.82) is 0 Å². The monoisotopic (exact) mass is 381 g/mol. The molecule has 2 aromatic rings. The second-order valence-corrected chi connectivity index (χ2v) is 5.44. The van der Waals surface area contributed by atoms with Crippen LogP contribution in [0.5, 0.6) is 11.5 Å². The van der Waals surface area contributed by atoms with Crippen LogP contribution in [0.25, 0.3) is 0 Å². The van der Waals surface area contributed by atoms with Gasteiger partial charge in [-0.25, -0.2) is 18.0 Å². The Bertz CT molecular complexity index is 892. The van der Waals surface area contributed by atoms with Gasteiger partial charge in [-0.1, -0.05) is 0 Å². The lowest BCUT2D eigenvalue weighted by Gasteiger charge is -2.19. The van der Waals surface area contributed by atoms with Gasteiger partial charge in [-0.05, 0) is 24.3 Å². The average molecular weight is 381 g/mol. The number of rotatable bonds is 4. The Hall–Kier alpha value is -3.43. The topological polar surface area (TPSA) is 88.7 Å². The van der Waals surface area contributed by atoms with E-state index in [0.29, 0.717) is 36.5 Å². The molecule has 3 amide bonds. The van der Waals surface area contributed by atoms with Gasteiger partial charge in [-0.15, -0.1) is 0 Å². The molecule has 0 atom stereocenters. The number of urea groups is 1. The first-order chi connectivity index (χ1) is 12.9. The molecule has 0 unspecified atom stereocenters. The summed E-state index contributed by atoms with van der Waals surface area (Å²) in [6.45, 7) is 0.282. The van der Waals surface area contributed by atoms with Crippen LogP contribution in [-0.2, 0) is 4.79 Å². The molecule has 3 N–H and O–H groups in total. The number of carbonyl (C=O) groups excluding carboxylic acids is 2. The quantitative estimate of drug-likeness (QED) is 0.709. The summed E-state index contributed by atoms with van der Waals surface area (Å²) >= 11 is 0. The van der Waals surface area contributed by atoms with E-state index >= 15 is 0 Å². The van der Waals surface area contributed by atoms with Crippen LogP contribution >= 0.6 is 0 Å². The molecule has 0 saturated heterocycles. The van der Waals surface area contributed by atoms with Crippen molar-refractivity contribution in [3.63, 3.8) is 0 Å². The molecule has 0 radical (unpaired) electrons. The average Bonchev–Trinajstić information content (AvgIpc) is 2.65. The number of halogens is 3. The minimum Gasteiger partial charge on any atom is -0.486 e. The second-order valence-electron chi connectivity index (χ2n) is 5.44. The lowest BCUT2D eigenvalue weighted by atomic mass is 10.2. The zero-order valence-electron chi connectivity index (χ0n) is 13.8. The zero-order valence-corrected chi connectivity index (χ0v) is 13.8. The predicted octanol–water partition coefficient (Wildman–Crippen LogP) is 2.64. The summed E-state index contributed by atoms with van der Waals surface area (Å²) in [5.41, 5.74) is -0.0412. The van der Waals surface area contributed by atoms with Gasteiger partial charge in [0.15, 0.2) is 29.0 Å². The van der Waals surface area contributed by atoms with Gasteiger partial charge < -0.3 is 20.1 Å². The van der Waals surface area contributed by atoms with E-state index in [-0.39, 0.29) is 0 Å². The van der Waals surface area contributed by atoms with Crippen LogP contribution in [0.3, 0.4) is 0 Å². The first-order valence-electron chi connectivity index (χ1n) is 7.82. The number of fused-ring (bicyclic) bond motifs is 1. The molecule has 1 aliphatic rings. The summed E-state index contributed by atoms with van der Waals surface area (Å²) in [4.78, 5) is 23.6. The molecule has 142 valence electrons. The van der Waals surface area contributed by atoms with E-state index in [1.54, 1.807) is 12.1 Å². The molecular weight excluding hydrogens is 367 g/mol. The highest BCUT2D eigenvalue weighted by atomic mass is 19.2. The number of benzene rings is 2. The first kappa shape index (κ1) is 18.4. The Morgan fingerprint density at radius 3 is 2.48 bits per heavy atom. The Morgan fingerprint density at radius 1 is 0.963 bits per heavy atom. The summed E-state index contributed by atoms with van der Waals surface area (Å²) in [6, 6.07) is 5.53. The van der Waals surface area contributed by atoms with Gasteiger partial charge in [-0.3, -0.25) is 10.1 Å². The molecular formula is C17H14F3N3O4. The Labute approximate surface area is 151 Å². The molecule has 0 spiro atoms. The highest BCUT2D eigenvalue weighted by Crippen LogP contribution is 2.32. The van der Waals surface area contributed by atoms with Crippen LogP contribution in [0.15, 0.2) is 30.3 Å². The number of anilines is 2. The largest absolute Gasteiger partial charge is 0.486 e. The van der Waals surface area contributed by atoms with E-state index < -0.39 is 41.6 Å². The summed E-state index contributed by atoms with van der Waals surface area (Å²) in [5.74, 6) is -4.27. The number of nitrogens with one attached hydrogen (secondary N) is 3. The van der Waals surface area contributed by atoms with E-state index in [1.165, 1.54) is 6.07 Å². The maximum atomic E-state index is 13.5. The molecule has 7 nitrogen and oxygen atoms in total. The molecule has 0 bridgehead atoms. The summed E-state index contributed by atoms with van der Waals surface area (Å²) in [7, 11) is 0. The van der Waals surface area contributed by atoms with Crippen molar-refractivity contribution >= 4 is 23.3 Å². The van der Waals surface area contributed by atoms with Crippen LogP contribution < -0.4 is 25.4 Å². The van der Waals surface area contributed by atoms with Gasteiger partial charge in [0, 0.05) is 11.8 Å². The predicted molar refractivity (Wildman–Crippen MR) is 89.4 cm³/mol. The van der Waals surface area contributed by atoms with Gasteiger partial charge in [0.1, 0.15) is 13.2 Å². The van der Waals surface area contributed by atoms with Gasteiger partial charge in [0.2, 0.25) is 5.91 Å². The van der Waals surface area contributed by atoms with E-state index in [1.807, 2.05) is 5.32 Å². The van der Waals surface area contributed by atoms with E-state index in [4.69, 9.17) is 9.47 Å². The van der Waals surface area contributed by atoms with Gasteiger partial charge in [0.25, 0.3) is 0 Å². The lowest BCUT2D eigenvalue weighted by molar-refractivity contribution is -0.118. The van der Waals surface area contributed by atoms with Crippen molar-refractivity contribution in [1.82, 2.24) is 5.32 Å². The molecule has 2 aromatic carbocycles. The second kappa shape index (κ2) is 7.85. The van der Waals surface area contributed by atoms with E-state index in [9.17, 15) is 22.8 Å². The van der Waals surface area contributed by atoms with Crippen LogP contribution in [0, 0.1) is 17.5 Å². The highest BCUT2D eigenvalue weighted by molar-refractivity contribution is 6.02. The molecule has 27 heavy (non-hydrogen) atoms. The van der Waals surface area contributed by atoms with Gasteiger partial charge in [-0.2, -0.15) is 0 Å². The Balaban J connectivity index is 1.52. The summed E-state index contributed by atoms with van der Waals surface area (Å²) < 4.78 is 50.2. The van der Waals surface area contributed by atoms with Crippen molar-refractivity contribution in [2.75, 3.05) is 30.4 Å². The number of amides is 3. The van der Waals surface area contributed by atoms with Crippen molar-refractivity contribution < 1.29 is 32.2 Å². The lowest BCUT2D eigenvalue weighted by Crippen LogP contribution is -2.38. The molecule has 0 saturated carbocycles. The minimum atomic E-state index is -1.66. The first-order valence-corrected chi connectivity index (χ1v) is 7.82. The number of carbonyl (C=O) groups is 2. The number of imide groups is 1. The van der Waals surface area contributed by atoms with Crippen molar-refractivity contribution in [3.8, 4) is 11.5 Å². The SMILES string of the molecule is O=C(CNc1ccc(F)c(F)c1F)NC(=O)Nc1ccc2c(c1)OCCO2. The summed E-state index contributed by atoms with van der Waals surface area (Å²) in [6.07, 6.45) is 0. The van der Waals surface area contributed by atoms with Crippen molar-refractivity contribution in [2.45, 2.75) is 0 Å². The molecule has 3 rings (SSSR count). The number of hydrogen-bond acceptors (Lipinski definition) is 5. The zero-order chi connectivity index (χ0) is 19.4. The third-order valence-corrected chi connectivity index (χ3v) is 3.53. The molecule has 10 heteroatoms. The molecule has 0 aliphatic carbocycles. The fourth-order valence-corrected chi connectivity index (χ4v) is 2.29. The smallest absolute Gasteiger partial charge is 0.325 e. The van der Waals surface area contributed by atoms with Crippen LogP contribution in [0.1, 0.15) is 0 Å². The maximum Gasteiger partial charge on any atom is 0.325 e.